The minimum absolute atomic E-state index is 0.0961. The minimum atomic E-state index is -0.738. The molecule has 2 aromatic rings. The zero-order valence-corrected chi connectivity index (χ0v) is 18.3. The van der Waals surface area contributed by atoms with Crippen molar-refractivity contribution in [2.45, 2.75) is 45.1 Å². The average Bonchev–Trinajstić information content (AvgIpc) is 3.35. The maximum atomic E-state index is 14.4. The fraction of sp³-hybridized carbons (Fsp3) is 0.417. The van der Waals surface area contributed by atoms with Gasteiger partial charge < -0.3 is 14.5 Å². The van der Waals surface area contributed by atoms with E-state index < -0.39 is 11.9 Å². The Kier molecular flexibility index (Phi) is 6.21. The molecule has 1 aromatic carbocycles. The summed E-state index contributed by atoms with van der Waals surface area (Å²) in [7, 11) is 1.74. The van der Waals surface area contributed by atoms with E-state index in [4.69, 9.17) is 4.74 Å². The Bertz CT molecular complexity index is 1050. The lowest BCUT2D eigenvalue weighted by Gasteiger charge is -2.19. The van der Waals surface area contributed by atoms with Gasteiger partial charge in [-0.15, -0.1) is 0 Å². The molecule has 0 spiro atoms. The van der Waals surface area contributed by atoms with E-state index in [1.807, 2.05) is 0 Å². The van der Waals surface area contributed by atoms with E-state index in [2.05, 4.69) is 11.9 Å². The fourth-order valence-corrected chi connectivity index (χ4v) is 4.11. The van der Waals surface area contributed by atoms with Crippen LogP contribution >= 0.6 is 0 Å². The first-order chi connectivity index (χ1) is 15.4. The number of unbranched alkanes of at least 4 members (excludes halogenated alkanes) is 1. The van der Waals surface area contributed by atoms with Gasteiger partial charge in [0.25, 0.3) is 11.8 Å². The van der Waals surface area contributed by atoms with E-state index in [1.54, 1.807) is 30.1 Å². The summed E-state index contributed by atoms with van der Waals surface area (Å²) in [6.07, 6.45) is 3.74. The second-order valence-electron chi connectivity index (χ2n) is 8.22. The third-order valence-electron chi connectivity index (χ3n) is 5.98. The van der Waals surface area contributed by atoms with Crippen molar-refractivity contribution in [2.24, 2.45) is 0 Å². The van der Waals surface area contributed by atoms with Crippen LogP contribution in [0.15, 0.2) is 30.5 Å². The third kappa shape index (κ3) is 4.22. The van der Waals surface area contributed by atoms with E-state index in [0.29, 0.717) is 60.6 Å². The molecule has 32 heavy (non-hydrogen) atoms. The number of amides is 2. The number of Topliss-reactive ketones (excluding diaryl/α,β-unsaturated/α-hetero) is 1. The number of pyridine rings is 1. The number of carbonyl (C=O) groups excluding carboxylic acids is 3. The Balaban J connectivity index is 1.42. The Morgan fingerprint density at radius 2 is 2.09 bits per heavy atom. The van der Waals surface area contributed by atoms with Crippen molar-refractivity contribution >= 4 is 23.3 Å². The highest BCUT2D eigenvalue weighted by molar-refractivity contribution is 6.04. The third-order valence-corrected chi connectivity index (χ3v) is 5.98. The summed E-state index contributed by atoms with van der Waals surface area (Å²) in [5, 5.41) is 0. The molecule has 2 heterocycles. The molecule has 0 unspecified atom stereocenters. The molecule has 2 aliphatic rings. The molecule has 1 aromatic heterocycles. The highest BCUT2D eigenvalue weighted by atomic mass is 19.1. The summed E-state index contributed by atoms with van der Waals surface area (Å²) < 4.78 is 20.2. The van der Waals surface area contributed by atoms with E-state index in [0.717, 1.165) is 12.8 Å². The lowest BCUT2D eigenvalue weighted by molar-refractivity contribution is -0.122. The van der Waals surface area contributed by atoms with Crippen molar-refractivity contribution in [3.8, 4) is 5.75 Å². The van der Waals surface area contributed by atoms with Gasteiger partial charge in [-0.05, 0) is 42.7 Å². The van der Waals surface area contributed by atoms with Gasteiger partial charge >= 0.3 is 0 Å². The first-order valence-electron chi connectivity index (χ1n) is 10.9. The fourth-order valence-electron chi connectivity index (χ4n) is 4.11. The van der Waals surface area contributed by atoms with Gasteiger partial charge in [0.05, 0.1) is 6.20 Å². The summed E-state index contributed by atoms with van der Waals surface area (Å²) in [4.78, 5) is 44.6. The maximum Gasteiger partial charge on any atom is 0.272 e. The highest BCUT2D eigenvalue weighted by Crippen LogP contribution is 2.32. The Morgan fingerprint density at radius 3 is 2.81 bits per heavy atom. The second kappa shape index (κ2) is 9.06. The molecular formula is C24H26FN3O4. The molecule has 7 nitrogen and oxygen atoms in total. The predicted molar refractivity (Wildman–Crippen MR) is 117 cm³/mol. The van der Waals surface area contributed by atoms with Crippen LogP contribution in [0.25, 0.3) is 0 Å². The van der Waals surface area contributed by atoms with Gasteiger partial charge in [-0.2, -0.15) is 0 Å². The average molecular weight is 439 g/mol. The number of fused-ring (bicyclic) bond motifs is 1. The standard InChI is InChI=1S/C24H26FN3O4/c1-3-4-10-27(2)23(30)20-7-5-16(14-26-20)32-22-9-11-28(24(22)31)15-12-18-17(19(25)13-15)6-8-21(18)29/h5,7,12-14,22H,3-4,6,8-11H2,1-2H3/t22-/m1/s1. The normalized spacial score (nSPS) is 17.6. The van der Waals surface area contributed by atoms with Gasteiger partial charge in [0.2, 0.25) is 0 Å². The molecule has 0 N–H and O–H groups in total. The number of nitrogens with zero attached hydrogens (tertiary/aromatic N) is 3. The second-order valence-corrected chi connectivity index (χ2v) is 8.22. The van der Waals surface area contributed by atoms with Crippen molar-refractivity contribution in [3.63, 3.8) is 0 Å². The summed E-state index contributed by atoms with van der Waals surface area (Å²) in [6.45, 7) is 3.09. The number of halogens is 1. The SMILES string of the molecule is CCCCN(C)C(=O)c1ccc(O[C@@H]2CCN(c3cc(F)c4c(c3)C(=O)CC4)C2=O)cn1. The Labute approximate surface area is 186 Å². The van der Waals surface area contributed by atoms with Crippen molar-refractivity contribution < 1.29 is 23.5 Å². The first-order valence-corrected chi connectivity index (χ1v) is 10.9. The molecule has 168 valence electrons. The Hall–Kier alpha value is -3.29. The van der Waals surface area contributed by atoms with Crippen molar-refractivity contribution in [2.75, 3.05) is 25.0 Å². The van der Waals surface area contributed by atoms with Crippen molar-refractivity contribution in [3.05, 3.63) is 53.1 Å². The topological polar surface area (TPSA) is 79.8 Å². The van der Waals surface area contributed by atoms with Gasteiger partial charge in [-0.1, -0.05) is 13.3 Å². The van der Waals surface area contributed by atoms with Crippen LogP contribution < -0.4 is 9.64 Å². The maximum absolute atomic E-state index is 14.4. The molecule has 1 atom stereocenters. The van der Waals surface area contributed by atoms with Crippen LogP contribution in [0.3, 0.4) is 0 Å². The number of ketones is 1. The van der Waals surface area contributed by atoms with Gasteiger partial charge in [0.1, 0.15) is 17.3 Å². The van der Waals surface area contributed by atoms with Crippen LogP contribution in [0.5, 0.6) is 5.75 Å². The van der Waals surface area contributed by atoms with Crippen LogP contribution in [0.4, 0.5) is 10.1 Å². The van der Waals surface area contributed by atoms with Gasteiger partial charge in [-0.3, -0.25) is 14.4 Å². The minimum Gasteiger partial charge on any atom is -0.479 e. The van der Waals surface area contributed by atoms with Crippen LogP contribution in [0, 0.1) is 5.82 Å². The summed E-state index contributed by atoms with van der Waals surface area (Å²) in [6, 6.07) is 6.12. The zero-order chi connectivity index (χ0) is 22.8. The lowest BCUT2D eigenvalue weighted by atomic mass is 10.1. The van der Waals surface area contributed by atoms with E-state index in [9.17, 15) is 18.8 Å². The molecule has 0 radical (unpaired) electrons. The molecule has 1 fully saturated rings. The number of aromatic nitrogens is 1. The van der Waals surface area contributed by atoms with Gasteiger partial charge in [0.15, 0.2) is 11.9 Å². The number of hydrogen-bond donors (Lipinski definition) is 0. The van der Waals surface area contributed by atoms with E-state index >= 15 is 0 Å². The zero-order valence-electron chi connectivity index (χ0n) is 18.3. The molecule has 2 amide bonds. The summed E-state index contributed by atoms with van der Waals surface area (Å²) in [5.41, 5.74) is 1.49. The molecule has 1 aliphatic carbocycles. The predicted octanol–water partition coefficient (Wildman–Crippen LogP) is 3.41. The molecule has 4 rings (SSSR count). The first kappa shape index (κ1) is 21.9. The molecular weight excluding hydrogens is 413 g/mol. The number of ether oxygens (including phenoxy) is 1. The van der Waals surface area contributed by atoms with Crippen LogP contribution in [-0.2, 0) is 11.2 Å². The number of carbonyl (C=O) groups is 3. The number of benzene rings is 1. The smallest absolute Gasteiger partial charge is 0.272 e. The largest absolute Gasteiger partial charge is 0.479 e. The molecule has 8 heteroatoms. The number of rotatable bonds is 7. The van der Waals surface area contributed by atoms with Crippen molar-refractivity contribution in [1.29, 1.82) is 0 Å². The molecule has 0 saturated carbocycles. The number of anilines is 1. The summed E-state index contributed by atoms with van der Waals surface area (Å²) in [5.74, 6) is -0.626. The highest BCUT2D eigenvalue weighted by Gasteiger charge is 2.36. The Morgan fingerprint density at radius 1 is 1.28 bits per heavy atom. The monoisotopic (exact) mass is 439 g/mol. The molecule has 1 saturated heterocycles. The van der Waals surface area contributed by atoms with Crippen LogP contribution in [-0.4, -0.2) is 53.7 Å². The molecule has 0 bridgehead atoms. The molecule has 1 aliphatic heterocycles. The van der Waals surface area contributed by atoms with Crippen LogP contribution in [0.2, 0.25) is 0 Å². The van der Waals surface area contributed by atoms with Crippen molar-refractivity contribution in [1.82, 2.24) is 9.88 Å². The quantitative estimate of drug-likeness (QED) is 0.661. The van der Waals surface area contributed by atoms with E-state index in [1.165, 1.54) is 17.2 Å². The lowest BCUT2D eigenvalue weighted by Crippen LogP contribution is -2.32. The summed E-state index contributed by atoms with van der Waals surface area (Å²) >= 11 is 0. The number of hydrogen-bond acceptors (Lipinski definition) is 5. The van der Waals surface area contributed by atoms with E-state index in [-0.39, 0.29) is 17.6 Å². The van der Waals surface area contributed by atoms with Gasteiger partial charge in [0, 0.05) is 44.2 Å². The van der Waals surface area contributed by atoms with Crippen LogP contribution in [0.1, 0.15) is 59.0 Å². The van der Waals surface area contributed by atoms with Gasteiger partial charge in [-0.25, -0.2) is 9.37 Å².